The lowest BCUT2D eigenvalue weighted by molar-refractivity contribution is 0.0926. The molecule has 0 N–H and O–H groups in total. The summed E-state index contributed by atoms with van der Waals surface area (Å²) in [6.07, 6.45) is 6.48. The molecule has 0 saturated carbocycles. The number of carbonyl (C=O) groups excluding carboxylic acids is 2. The molecule has 6 aromatic carbocycles. The van der Waals surface area contributed by atoms with Crippen molar-refractivity contribution in [3.05, 3.63) is 193 Å². The molecule has 3 aromatic heterocycles. The largest absolute Gasteiger partial charge is 0.307 e. The van der Waals surface area contributed by atoms with Crippen LogP contribution in [-0.2, 0) is 0 Å². The minimum absolute atomic E-state index is 0.257. The third kappa shape index (κ3) is 5.29. The molecule has 0 spiro atoms. The van der Waals surface area contributed by atoms with Gasteiger partial charge in [-0.05, 0) is 47.0 Å². The summed E-state index contributed by atoms with van der Waals surface area (Å²) in [5, 5.41) is 21.4. The molecule has 0 radical (unpaired) electrons. The van der Waals surface area contributed by atoms with Crippen molar-refractivity contribution >= 4 is 39.3 Å². The van der Waals surface area contributed by atoms with Crippen LogP contribution in [0.3, 0.4) is 0 Å². The molecule has 10 rings (SSSR count). The number of hydrogen-bond acceptors (Lipinski definition) is 6. The molecule has 8 heteroatoms. The molecule has 1 aliphatic heterocycles. The number of rotatable bonds is 6. The maximum atomic E-state index is 15.3. The zero-order valence-electron chi connectivity index (χ0n) is 30.7. The van der Waals surface area contributed by atoms with Crippen LogP contribution in [0, 0.1) is 22.7 Å². The normalized spacial score (nSPS) is 12.1. The summed E-state index contributed by atoms with van der Waals surface area (Å²) in [5.41, 5.74) is 10.3. The number of imide groups is 1. The van der Waals surface area contributed by atoms with E-state index in [0.29, 0.717) is 33.6 Å². The second kappa shape index (κ2) is 13.7. The highest BCUT2D eigenvalue weighted by atomic mass is 16.2. The molecule has 1 aliphatic rings. The predicted octanol–water partition coefficient (Wildman–Crippen LogP) is 10.8. The molecule has 0 unspecified atom stereocenters. The molecular formula is C50H28N6O2. The smallest absolute Gasteiger partial charge is 0.268 e. The number of benzene rings is 6. The number of para-hydroxylation sites is 2. The van der Waals surface area contributed by atoms with E-state index in [4.69, 9.17) is 0 Å². The average molecular weight is 745 g/mol. The Hall–Kier alpha value is -8.46. The van der Waals surface area contributed by atoms with Crippen molar-refractivity contribution in [3.63, 3.8) is 0 Å². The number of nitrogens with zero attached hydrogens (tertiary/aromatic N) is 6. The lowest BCUT2D eigenvalue weighted by Gasteiger charge is -2.22. The molecular weight excluding hydrogens is 717 g/mol. The molecule has 270 valence electrons. The summed E-state index contributed by atoms with van der Waals surface area (Å²) in [4.78, 5) is 40.2. The van der Waals surface area contributed by atoms with Gasteiger partial charge in [0.2, 0.25) is 0 Å². The van der Waals surface area contributed by atoms with Crippen molar-refractivity contribution in [1.29, 1.82) is 10.5 Å². The fourth-order valence-electron chi connectivity index (χ4n) is 8.28. The van der Waals surface area contributed by atoms with Crippen molar-refractivity contribution < 1.29 is 9.59 Å². The van der Waals surface area contributed by atoms with Crippen LogP contribution < -0.4 is 4.90 Å². The van der Waals surface area contributed by atoms with Gasteiger partial charge in [0.05, 0.1) is 44.7 Å². The van der Waals surface area contributed by atoms with E-state index in [2.05, 4.69) is 22.1 Å². The minimum atomic E-state index is -0.454. The SMILES string of the molecule is N#Cc1cncc(-c2cccc3c4cccc(-c5cncc(C#N)c5)c4n(-c4cccc5c4C(=O)N(c4cccc(-c6ccccc6)c4-c4ccccc4)C5=O)c23)c1. The maximum Gasteiger partial charge on any atom is 0.268 e. The standard InChI is InChI=1S/C50H28N6O2/c51-25-31-23-35(29-53-27-31)38-16-7-18-40-41-19-8-17-39(36-24-32(26-52)28-54-30-36)48(41)55(47(38)40)44-22-10-20-42-46(44)50(58)56(49(42)57)43-21-9-15-37(33-11-3-1-4-12-33)45(43)34-13-5-2-6-14-34/h1-24,27-30H. The highest BCUT2D eigenvalue weighted by Crippen LogP contribution is 2.46. The summed E-state index contributed by atoms with van der Waals surface area (Å²) >= 11 is 0. The van der Waals surface area contributed by atoms with Gasteiger partial charge in [0.1, 0.15) is 12.1 Å². The topological polar surface area (TPSA) is 116 Å². The Morgan fingerprint density at radius 3 is 1.50 bits per heavy atom. The molecule has 0 atom stereocenters. The molecule has 2 amide bonds. The Morgan fingerprint density at radius 2 is 0.931 bits per heavy atom. The Bertz CT molecular complexity index is 3130. The fraction of sp³-hybridized carbons (Fsp3) is 0. The number of carbonyl (C=O) groups is 2. The summed E-state index contributed by atoms with van der Waals surface area (Å²) in [5.74, 6) is -0.883. The number of amides is 2. The maximum absolute atomic E-state index is 15.3. The number of nitriles is 2. The van der Waals surface area contributed by atoms with Crippen LogP contribution in [-0.4, -0.2) is 26.3 Å². The molecule has 58 heavy (non-hydrogen) atoms. The third-order valence-corrected chi connectivity index (χ3v) is 10.7. The third-order valence-electron chi connectivity index (χ3n) is 10.7. The Morgan fingerprint density at radius 1 is 0.431 bits per heavy atom. The average Bonchev–Trinajstić information content (AvgIpc) is 3.77. The summed E-state index contributed by atoms with van der Waals surface area (Å²) in [7, 11) is 0. The fourth-order valence-corrected chi connectivity index (χ4v) is 8.28. The van der Waals surface area contributed by atoms with Crippen molar-refractivity contribution in [1.82, 2.24) is 14.5 Å². The second-order valence-electron chi connectivity index (χ2n) is 14.0. The number of pyridine rings is 2. The zero-order valence-corrected chi connectivity index (χ0v) is 30.7. The molecule has 0 saturated heterocycles. The predicted molar refractivity (Wildman–Crippen MR) is 225 cm³/mol. The van der Waals surface area contributed by atoms with Gasteiger partial charge in [-0.3, -0.25) is 19.6 Å². The highest BCUT2D eigenvalue weighted by Gasteiger charge is 2.41. The van der Waals surface area contributed by atoms with E-state index < -0.39 is 11.8 Å². The van der Waals surface area contributed by atoms with Gasteiger partial charge in [-0.25, -0.2) is 4.90 Å². The van der Waals surface area contributed by atoms with E-state index in [9.17, 15) is 15.3 Å². The van der Waals surface area contributed by atoms with Crippen LogP contribution in [0.5, 0.6) is 0 Å². The minimum Gasteiger partial charge on any atom is -0.307 e. The van der Waals surface area contributed by atoms with Gasteiger partial charge in [-0.1, -0.05) is 115 Å². The first-order valence-electron chi connectivity index (χ1n) is 18.6. The Balaban J connectivity index is 1.27. The molecule has 0 aliphatic carbocycles. The summed E-state index contributed by atoms with van der Waals surface area (Å²) < 4.78 is 2.04. The monoisotopic (exact) mass is 744 g/mol. The van der Waals surface area contributed by atoms with Gasteiger partial charge in [0.25, 0.3) is 11.8 Å². The van der Waals surface area contributed by atoms with E-state index in [0.717, 1.165) is 55.2 Å². The first kappa shape index (κ1) is 34.1. The van der Waals surface area contributed by atoms with Gasteiger partial charge in [-0.2, -0.15) is 10.5 Å². The van der Waals surface area contributed by atoms with Crippen molar-refractivity contribution in [2.24, 2.45) is 0 Å². The quantitative estimate of drug-likeness (QED) is 0.157. The van der Waals surface area contributed by atoms with E-state index in [1.165, 1.54) is 17.3 Å². The van der Waals surface area contributed by atoms with Crippen LogP contribution in [0.25, 0.3) is 72.0 Å². The number of aromatic nitrogens is 3. The first-order valence-corrected chi connectivity index (χ1v) is 18.6. The van der Waals surface area contributed by atoms with Crippen LogP contribution >= 0.6 is 0 Å². The lowest BCUT2D eigenvalue weighted by Crippen LogP contribution is -2.30. The van der Waals surface area contributed by atoms with E-state index in [-0.39, 0.29) is 11.1 Å². The van der Waals surface area contributed by atoms with Gasteiger partial charge in [0, 0.05) is 63.4 Å². The van der Waals surface area contributed by atoms with E-state index in [1.54, 1.807) is 36.7 Å². The van der Waals surface area contributed by atoms with Crippen molar-refractivity contribution in [3.8, 4) is 62.3 Å². The number of anilines is 1. The summed E-state index contributed by atoms with van der Waals surface area (Å²) in [6.45, 7) is 0. The molecule has 8 nitrogen and oxygen atoms in total. The van der Waals surface area contributed by atoms with Crippen molar-refractivity contribution in [2.75, 3.05) is 4.90 Å². The van der Waals surface area contributed by atoms with Gasteiger partial charge >= 0.3 is 0 Å². The summed E-state index contributed by atoms with van der Waals surface area (Å²) in [6, 6.07) is 50.8. The Kier molecular flexibility index (Phi) is 8.04. The Labute approximate surface area is 332 Å². The van der Waals surface area contributed by atoms with Gasteiger partial charge < -0.3 is 4.57 Å². The zero-order chi connectivity index (χ0) is 39.3. The molecule has 0 bridgehead atoms. The first-order chi connectivity index (χ1) is 28.6. The molecule has 4 heterocycles. The van der Waals surface area contributed by atoms with Crippen LogP contribution in [0.2, 0.25) is 0 Å². The highest BCUT2D eigenvalue weighted by molar-refractivity contribution is 6.37. The van der Waals surface area contributed by atoms with E-state index >= 15 is 4.79 Å². The molecule has 0 fully saturated rings. The van der Waals surface area contributed by atoms with E-state index in [1.807, 2.05) is 126 Å². The number of fused-ring (bicyclic) bond motifs is 4. The van der Waals surface area contributed by atoms with Crippen LogP contribution in [0.1, 0.15) is 31.8 Å². The van der Waals surface area contributed by atoms with Crippen LogP contribution in [0.15, 0.2) is 170 Å². The van der Waals surface area contributed by atoms with Crippen LogP contribution in [0.4, 0.5) is 5.69 Å². The number of hydrogen-bond donors (Lipinski definition) is 0. The van der Waals surface area contributed by atoms with Gasteiger partial charge in [-0.15, -0.1) is 0 Å². The van der Waals surface area contributed by atoms with Crippen molar-refractivity contribution in [2.45, 2.75) is 0 Å². The lowest BCUT2D eigenvalue weighted by atomic mass is 9.92. The second-order valence-corrected chi connectivity index (χ2v) is 14.0. The van der Waals surface area contributed by atoms with Gasteiger partial charge in [0.15, 0.2) is 0 Å². The molecule has 9 aromatic rings.